The first-order chi connectivity index (χ1) is 16.1. The second-order valence-electron chi connectivity index (χ2n) is 8.88. The zero-order valence-corrected chi connectivity index (χ0v) is 18.6. The van der Waals surface area contributed by atoms with E-state index in [4.69, 9.17) is 0 Å². The average molecular weight is 446 g/mol. The Morgan fingerprint density at radius 3 is 2.33 bits per heavy atom. The van der Waals surface area contributed by atoms with Crippen molar-refractivity contribution in [3.63, 3.8) is 0 Å². The average Bonchev–Trinajstić information content (AvgIpc) is 2.88. The number of para-hydroxylation sites is 1. The summed E-state index contributed by atoms with van der Waals surface area (Å²) in [6.07, 6.45) is 1.62. The molecule has 2 fully saturated rings. The van der Waals surface area contributed by atoms with Crippen molar-refractivity contribution in [1.29, 1.82) is 0 Å². The lowest BCUT2D eigenvalue weighted by Crippen LogP contribution is -2.53. The van der Waals surface area contributed by atoms with Gasteiger partial charge >= 0.3 is 0 Å². The van der Waals surface area contributed by atoms with Crippen LogP contribution in [-0.4, -0.2) is 60.9 Å². The number of amides is 2. The third-order valence-electron chi connectivity index (χ3n) is 6.86. The van der Waals surface area contributed by atoms with E-state index in [-0.39, 0.29) is 23.5 Å². The highest BCUT2D eigenvalue weighted by Crippen LogP contribution is 2.26. The molecule has 0 unspecified atom stereocenters. The van der Waals surface area contributed by atoms with Crippen LogP contribution in [0.4, 0.5) is 10.1 Å². The van der Waals surface area contributed by atoms with Crippen molar-refractivity contribution in [3.05, 3.63) is 78.1 Å². The van der Waals surface area contributed by atoms with Crippen LogP contribution in [0.15, 0.2) is 66.7 Å². The number of piperidine rings is 1. The van der Waals surface area contributed by atoms with Gasteiger partial charge in [-0.25, -0.2) is 4.39 Å². The third kappa shape index (κ3) is 4.30. The van der Waals surface area contributed by atoms with Crippen molar-refractivity contribution >= 4 is 28.3 Å². The lowest BCUT2D eigenvalue weighted by atomic mass is 9.95. The molecule has 1 atom stereocenters. The van der Waals surface area contributed by atoms with Gasteiger partial charge in [0.15, 0.2) is 0 Å². The maximum atomic E-state index is 14.1. The molecular formula is C27H28FN3O2. The van der Waals surface area contributed by atoms with Gasteiger partial charge in [0.2, 0.25) is 5.91 Å². The molecule has 5 rings (SSSR count). The van der Waals surface area contributed by atoms with Gasteiger partial charge in [-0.1, -0.05) is 48.5 Å². The number of piperazine rings is 1. The number of carbonyl (C=O) groups excluding carboxylic acids is 2. The zero-order valence-electron chi connectivity index (χ0n) is 18.6. The van der Waals surface area contributed by atoms with Crippen LogP contribution in [0, 0.1) is 11.7 Å². The molecule has 170 valence electrons. The van der Waals surface area contributed by atoms with E-state index in [1.165, 1.54) is 6.07 Å². The Kier molecular flexibility index (Phi) is 5.99. The van der Waals surface area contributed by atoms with E-state index < -0.39 is 0 Å². The van der Waals surface area contributed by atoms with E-state index in [9.17, 15) is 14.0 Å². The van der Waals surface area contributed by atoms with E-state index in [2.05, 4.69) is 0 Å². The van der Waals surface area contributed by atoms with Crippen molar-refractivity contribution in [2.24, 2.45) is 5.92 Å². The molecule has 2 heterocycles. The van der Waals surface area contributed by atoms with Gasteiger partial charge in [-0.3, -0.25) is 9.59 Å². The predicted octanol–water partition coefficient (Wildman–Crippen LogP) is 4.18. The summed E-state index contributed by atoms with van der Waals surface area (Å²) < 4.78 is 14.1. The lowest BCUT2D eigenvalue weighted by Gasteiger charge is -2.39. The van der Waals surface area contributed by atoms with Gasteiger partial charge in [0.1, 0.15) is 5.82 Å². The molecular weight excluding hydrogens is 417 g/mol. The molecule has 2 saturated heterocycles. The summed E-state index contributed by atoms with van der Waals surface area (Å²) in [7, 11) is 0. The standard InChI is InChI=1S/C27H28FN3O2/c28-24-12-3-4-13-25(24)29-15-17-30(18-16-29)26(32)21-9-6-14-31(19-21)27(33)23-11-5-8-20-7-1-2-10-22(20)23/h1-5,7-8,10-13,21H,6,9,14-19H2/t21-/m1/s1. The smallest absolute Gasteiger partial charge is 0.254 e. The van der Waals surface area contributed by atoms with Crippen LogP contribution in [0.25, 0.3) is 10.8 Å². The lowest BCUT2D eigenvalue weighted by molar-refractivity contribution is -0.137. The zero-order chi connectivity index (χ0) is 22.8. The Morgan fingerprint density at radius 2 is 1.52 bits per heavy atom. The molecule has 2 amide bonds. The number of carbonyl (C=O) groups is 2. The quantitative estimate of drug-likeness (QED) is 0.608. The van der Waals surface area contributed by atoms with Gasteiger partial charge in [-0.05, 0) is 41.8 Å². The number of likely N-dealkylation sites (tertiary alicyclic amines) is 1. The van der Waals surface area contributed by atoms with Gasteiger partial charge in [0.25, 0.3) is 5.91 Å². The van der Waals surface area contributed by atoms with Gasteiger partial charge in [-0.15, -0.1) is 0 Å². The highest BCUT2D eigenvalue weighted by Gasteiger charge is 2.33. The number of halogens is 1. The fourth-order valence-electron chi connectivity index (χ4n) is 5.08. The van der Waals surface area contributed by atoms with Crippen molar-refractivity contribution < 1.29 is 14.0 Å². The number of nitrogens with zero attached hydrogens (tertiary/aromatic N) is 3. The van der Waals surface area contributed by atoms with E-state index in [0.717, 1.165) is 23.6 Å². The minimum Gasteiger partial charge on any atom is -0.366 e. The molecule has 0 bridgehead atoms. The Labute approximate surface area is 193 Å². The van der Waals surface area contributed by atoms with Crippen LogP contribution in [-0.2, 0) is 4.79 Å². The molecule has 33 heavy (non-hydrogen) atoms. The topological polar surface area (TPSA) is 43.9 Å². The minimum absolute atomic E-state index is 0.00586. The van der Waals surface area contributed by atoms with Gasteiger partial charge in [-0.2, -0.15) is 0 Å². The van der Waals surface area contributed by atoms with Crippen LogP contribution in [0.2, 0.25) is 0 Å². The fourth-order valence-corrected chi connectivity index (χ4v) is 5.08. The van der Waals surface area contributed by atoms with E-state index in [0.29, 0.717) is 50.5 Å². The molecule has 2 aliphatic rings. The van der Waals surface area contributed by atoms with E-state index in [1.54, 1.807) is 12.1 Å². The molecule has 3 aromatic rings. The summed E-state index contributed by atoms with van der Waals surface area (Å²) in [4.78, 5) is 32.3. The second kappa shape index (κ2) is 9.22. The second-order valence-corrected chi connectivity index (χ2v) is 8.88. The number of anilines is 1. The molecule has 0 aliphatic carbocycles. The van der Waals surface area contributed by atoms with Crippen molar-refractivity contribution in [2.45, 2.75) is 12.8 Å². The van der Waals surface area contributed by atoms with Gasteiger partial charge < -0.3 is 14.7 Å². The number of fused-ring (bicyclic) bond motifs is 1. The monoisotopic (exact) mass is 445 g/mol. The summed E-state index contributed by atoms with van der Waals surface area (Å²) in [6, 6.07) is 20.5. The largest absolute Gasteiger partial charge is 0.366 e. The Hall–Kier alpha value is -3.41. The summed E-state index contributed by atoms with van der Waals surface area (Å²) in [5, 5.41) is 1.99. The Bertz CT molecular complexity index is 1170. The van der Waals surface area contributed by atoms with Crippen molar-refractivity contribution in [1.82, 2.24) is 9.80 Å². The first kappa shape index (κ1) is 21.4. The van der Waals surface area contributed by atoms with E-state index >= 15 is 0 Å². The molecule has 5 nitrogen and oxygen atoms in total. The SMILES string of the molecule is O=C(c1cccc2ccccc12)N1CCC[C@@H](C(=O)N2CCN(c3ccccc3F)CC2)C1. The summed E-state index contributed by atoms with van der Waals surface area (Å²) >= 11 is 0. The molecule has 0 aromatic heterocycles. The summed E-state index contributed by atoms with van der Waals surface area (Å²) in [6.45, 7) is 3.49. The molecule has 6 heteroatoms. The number of benzene rings is 3. The highest BCUT2D eigenvalue weighted by atomic mass is 19.1. The highest BCUT2D eigenvalue weighted by molar-refractivity contribution is 6.07. The fraction of sp³-hybridized carbons (Fsp3) is 0.333. The summed E-state index contributed by atoms with van der Waals surface area (Å²) in [5.41, 5.74) is 1.29. The van der Waals surface area contributed by atoms with Crippen molar-refractivity contribution in [2.75, 3.05) is 44.2 Å². The first-order valence-corrected chi connectivity index (χ1v) is 11.7. The van der Waals surface area contributed by atoms with Gasteiger partial charge in [0.05, 0.1) is 11.6 Å². The van der Waals surface area contributed by atoms with Crippen LogP contribution in [0.1, 0.15) is 23.2 Å². The molecule has 3 aromatic carbocycles. The number of hydrogen-bond acceptors (Lipinski definition) is 3. The van der Waals surface area contributed by atoms with Crippen molar-refractivity contribution in [3.8, 4) is 0 Å². The minimum atomic E-state index is -0.229. The Balaban J connectivity index is 1.24. The maximum absolute atomic E-state index is 14.1. The molecule has 0 radical (unpaired) electrons. The first-order valence-electron chi connectivity index (χ1n) is 11.7. The molecule has 0 saturated carbocycles. The van der Waals surface area contributed by atoms with Gasteiger partial charge in [0, 0.05) is 44.8 Å². The predicted molar refractivity (Wildman–Crippen MR) is 128 cm³/mol. The molecule has 0 N–H and O–H groups in total. The van der Waals surface area contributed by atoms with Crippen LogP contribution < -0.4 is 4.90 Å². The normalized spacial score (nSPS) is 19.1. The third-order valence-corrected chi connectivity index (χ3v) is 6.86. The molecule has 0 spiro atoms. The van der Waals surface area contributed by atoms with Crippen LogP contribution in [0.3, 0.4) is 0 Å². The number of hydrogen-bond donors (Lipinski definition) is 0. The maximum Gasteiger partial charge on any atom is 0.254 e. The number of rotatable bonds is 3. The Morgan fingerprint density at radius 1 is 0.788 bits per heavy atom. The summed E-state index contributed by atoms with van der Waals surface area (Å²) in [5.74, 6) is -0.308. The van der Waals surface area contributed by atoms with Crippen LogP contribution in [0.5, 0.6) is 0 Å². The van der Waals surface area contributed by atoms with E-state index in [1.807, 2.05) is 63.2 Å². The molecule has 2 aliphatic heterocycles. The van der Waals surface area contributed by atoms with Crippen LogP contribution >= 0.6 is 0 Å².